The zero-order chi connectivity index (χ0) is 24.5. The van der Waals surface area contributed by atoms with Gasteiger partial charge in [-0.15, -0.1) is 0 Å². The second kappa shape index (κ2) is 12.1. The summed E-state index contributed by atoms with van der Waals surface area (Å²) in [6.07, 6.45) is 0.172. The number of ether oxygens (including phenoxy) is 1. The van der Waals surface area contributed by atoms with Gasteiger partial charge in [0.15, 0.2) is 0 Å². The molecule has 3 atom stereocenters. The summed E-state index contributed by atoms with van der Waals surface area (Å²) >= 11 is 0. The zero-order valence-corrected chi connectivity index (χ0v) is 21.0. The molecule has 35 heavy (non-hydrogen) atoms. The predicted molar refractivity (Wildman–Crippen MR) is 145 cm³/mol. The minimum absolute atomic E-state index is 0.153. The molecule has 0 saturated carbocycles. The van der Waals surface area contributed by atoms with Crippen LogP contribution in [0.1, 0.15) is 37.0 Å². The standard InChI is InChI=1S/C31H33O3P/c1-2-27(34-24-25-15-7-3-8-16-25)23-30(31(32)26-17-9-4-10-18-26)35(33,28-19-11-5-12-20-28)29-21-13-6-14-22-29/h3-22,27,30-32H,2,23-24H2,1H3/t27-,30-,31-/m1/s1. The molecule has 4 heteroatoms. The minimum Gasteiger partial charge on any atom is -0.388 e. The highest BCUT2D eigenvalue weighted by atomic mass is 31.2. The SMILES string of the molecule is CC[C@H](C[C@H]([C@H](O)c1ccccc1)P(=O)(c1ccccc1)c1ccccc1)OCc1ccccc1. The van der Waals surface area contributed by atoms with E-state index in [2.05, 4.69) is 6.92 Å². The van der Waals surface area contributed by atoms with Crippen LogP contribution in [0.3, 0.4) is 0 Å². The second-order valence-electron chi connectivity index (χ2n) is 8.81. The molecule has 0 spiro atoms. The van der Waals surface area contributed by atoms with Crippen molar-refractivity contribution in [3.8, 4) is 0 Å². The molecule has 4 aromatic rings. The number of hydrogen-bond acceptors (Lipinski definition) is 3. The summed E-state index contributed by atoms with van der Waals surface area (Å²) in [6.45, 7) is 2.56. The van der Waals surface area contributed by atoms with E-state index in [0.717, 1.165) is 28.2 Å². The fourth-order valence-corrected chi connectivity index (χ4v) is 7.99. The summed E-state index contributed by atoms with van der Waals surface area (Å²) in [5.74, 6) is 0. The van der Waals surface area contributed by atoms with E-state index in [-0.39, 0.29) is 6.10 Å². The third-order valence-corrected chi connectivity index (χ3v) is 10.1. The van der Waals surface area contributed by atoms with Crippen LogP contribution in [0.4, 0.5) is 0 Å². The van der Waals surface area contributed by atoms with Crippen molar-refractivity contribution in [2.75, 3.05) is 0 Å². The van der Waals surface area contributed by atoms with Gasteiger partial charge in [0.1, 0.15) is 7.14 Å². The van der Waals surface area contributed by atoms with E-state index in [0.29, 0.717) is 13.0 Å². The van der Waals surface area contributed by atoms with E-state index >= 15 is 4.57 Å². The normalized spacial score (nSPS) is 14.2. The van der Waals surface area contributed by atoms with Crippen LogP contribution >= 0.6 is 7.14 Å². The third-order valence-electron chi connectivity index (χ3n) is 6.54. The largest absolute Gasteiger partial charge is 0.388 e. The molecule has 4 aromatic carbocycles. The molecule has 4 rings (SSSR count). The van der Waals surface area contributed by atoms with Crippen LogP contribution in [0.25, 0.3) is 0 Å². The predicted octanol–water partition coefficient (Wildman–Crippen LogP) is 6.49. The molecule has 0 saturated heterocycles. The van der Waals surface area contributed by atoms with Gasteiger partial charge in [0, 0.05) is 10.6 Å². The topological polar surface area (TPSA) is 46.5 Å². The monoisotopic (exact) mass is 484 g/mol. The first-order valence-electron chi connectivity index (χ1n) is 12.2. The molecule has 0 bridgehead atoms. The van der Waals surface area contributed by atoms with Gasteiger partial charge < -0.3 is 14.4 Å². The van der Waals surface area contributed by atoms with Gasteiger partial charge in [0.25, 0.3) is 0 Å². The molecule has 1 N–H and O–H groups in total. The Balaban J connectivity index is 1.75. The first kappa shape index (κ1) is 25.1. The molecule has 0 aromatic heterocycles. The van der Waals surface area contributed by atoms with Crippen LogP contribution in [-0.2, 0) is 15.9 Å². The van der Waals surface area contributed by atoms with Gasteiger partial charge in [0.05, 0.1) is 24.5 Å². The molecule has 3 nitrogen and oxygen atoms in total. The average Bonchev–Trinajstić information content (AvgIpc) is 2.94. The smallest absolute Gasteiger partial charge is 0.149 e. The first-order valence-corrected chi connectivity index (χ1v) is 14.0. The highest BCUT2D eigenvalue weighted by Gasteiger charge is 2.42. The number of benzene rings is 4. The van der Waals surface area contributed by atoms with Crippen LogP contribution in [0.5, 0.6) is 0 Å². The van der Waals surface area contributed by atoms with Crippen LogP contribution < -0.4 is 10.6 Å². The van der Waals surface area contributed by atoms with Crippen molar-refractivity contribution in [2.24, 2.45) is 0 Å². The van der Waals surface area contributed by atoms with Crippen molar-refractivity contribution >= 4 is 17.8 Å². The Hall–Kier alpha value is -2.97. The lowest BCUT2D eigenvalue weighted by atomic mass is 10.0. The van der Waals surface area contributed by atoms with Gasteiger partial charge in [-0.1, -0.05) is 128 Å². The Morgan fingerprint density at radius 1 is 0.714 bits per heavy atom. The maximum absolute atomic E-state index is 15.2. The summed E-state index contributed by atoms with van der Waals surface area (Å²) < 4.78 is 21.6. The Kier molecular flexibility index (Phi) is 8.71. The maximum atomic E-state index is 15.2. The number of aliphatic hydroxyl groups excluding tert-OH is 1. The van der Waals surface area contributed by atoms with Crippen molar-refractivity contribution in [1.82, 2.24) is 0 Å². The average molecular weight is 485 g/mol. The van der Waals surface area contributed by atoms with Gasteiger partial charge in [-0.2, -0.15) is 0 Å². The molecule has 0 amide bonds. The molecule has 0 radical (unpaired) electrons. The van der Waals surface area contributed by atoms with Crippen molar-refractivity contribution in [3.05, 3.63) is 132 Å². The van der Waals surface area contributed by atoms with Crippen LogP contribution in [0.15, 0.2) is 121 Å². The lowest BCUT2D eigenvalue weighted by Crippen LogP contribution is -2.34. The quantitative estimate of drug-likeness (QED) is 0.248. The Morgan fingerprint density at radius 3 is 1.66 bits per heavy atom. The summed E-state index contributed by atoms with van der Waals surface area (Å²) in [5, 5.41) is 13.2. The fraction of sp³-hybridized carbons (Fsp3) is 0.226. The van der Waals surface area contributed by atoms with Crippen molar-refractivity contribution < 1.29 is 14.4 Å². The summed E-state index contributed by atoms with van der Waals surface area (Å²) in [4.78, 5) is 0. The molecule has 0 heterocycles. The maximum Gasteiger partial charge on any atom is 0.149 e. The molecule has 0 aliphatic rings. The minimum atomic E-state index is -3.25. The van der Waals surface area contributed by atoms with E-state index < -0.39 is 18.9 Å². The summed E-state index contributed by atoms with van der Waals surface area (Å²) in [7, 11) is -3.25. The zero-order valence-electron chi connectivity index (χ0n) is 20.1. The molecule has 0 unspecified atom stereocenters. The number of hydrogen-bond donors (Lipinski definition) is 1. The van der Waals surface area contributed by atoms with Crippen molar-refractivity contribution in [2.45, 2.75) is 44.2 Å². The van der Waals surface area contributed by atoms with Gasteiger partial charge in [-0.25, -0.2) is 0 Å². The Morgan fingerprint density at radius 2 is 1.17 bits per heavy atom. The van der Waals surface area contributed by atoms with Gasteiger partial charge in [-0.3, -0.25) is 0 Å². The van der Waals surface area contributed by atoms with Crippen LogP contribution in [0.2, 0.25) is 0 Å². The molecular weight excluding hydrogens is 451 g/mol. The van der Waals surface area contributed by atoms with Crippen molar-refractivity contribution in [1.29, 1.82) is 0 Å². The lowest BCUT2D eigenvalue weighted by molar-refractivity contribution is 0.0227. The summed E-state index contributed by atoms with van der Waals surface area (Å²) in [6, 6.07) is 38.9. The molecule has 180 valence electrons. The Labute approximate surface area is 208 Å². The van der Waals surface area contributed by atoms with Gasteiger partial charge >= 0.3 is 0 Å². The number of aliphatic hydroxyl groups is 1. The van der Waals surface area contributed by atoms with E-state index in [1.807, 2.05) is 121 Å². The number of rotatable bonds is 11. The van der Waals surface area contributed by atoms with Crippen LogP contribution in [-0.4, -0.2) is 16.9 Å². The van der Waals surface area contributed by atoms with Crippen LogP contribution in [0, 0.1) is 0 Å². The van der Waals surface area contributed by atoms with E-state index in [4.69, 9.17) is 4.74 Å². The highest BCUT2D eigenvalue weighted by molar-refractivity contribution is 7.79. The first-order chi connectivity index (χ1) is 17.1. The van der Waals surface area contributed by atoms with Gasteiger partial charge in [-0.05, 0) is 24.0 Å². The lowest BCUT2D eigenvalue weighted by Gasteiger charge is -2.34. The van der Waals surface area contributed by atoms with E-state index in [1.54, 1.807) is 0 Å². The van der Waals surface area contributed by atoms with E-state index in [9.17, 15) is 5.11 Å². The fourth-order valence-electron chi connectivity index (χ4n) is 4.59. The van der Waals surface area contributed by atoms with E-state index in [1.165, 1.54) is 0 Å². The summed E-state index contributed by atoms with van der Waals surface area (Å²) in [5.41, 5.74) is 1.32. The third kappa shape index (κ3) is 6.00. The molecular formula is C31H33O3P. The highest BCUT2D eigenvalue weighted by Crippen LogP contribution is 2.55. The van der Waals surface area contributed by atoms with Gasteiger partial charge in [0.2, 0.25) is 0 Å². The van der Waals surface area contributed by atoms with Crippen molar-refractivity contribution in [3.63, 3.8) is 0 Å². The molecule has 0 aliphatic carbocycles. The second-order valence-corrected chi connectivity index (χ2v) is 11.8. The molecule has 0 fully saturated rings. The molecule has 0 aliphatic heterocycles. The Bertz CT molecular complexity index is 1150.